The summed E-state index contributed by atoms with van der Waals surface area (Å²) in [5.74, 6) is 0.0301. The van der Waals surface area contributed by atoms with Crippen molar-refractivity contribution in [1.82, 2.24) is 9.55 Å². The number of azide groups is 1. The number of hydrogen-bond acceptors (Lipinski definition) is 8. The number of aliphatic hydroxyl groups is 2. The monoisotopic (exact) mass is 284 g/mol. The van der Waals surface area contributed by atoms with Crippen LogP contribution in [0, 0.1) is 0 Å². The molecule has 0 saturated carbocycles. The summed E-state index contributed by atoms with van der Waals surface area (Å²) in [6.07, 6.45) is -3.46. The zero-order chi connectivity index (χ0) is 14.7. The molecule has 1 aromatic rings. The summed E-state index contributed by atoms with van der Waals surface area (Å²) in [6.45, 7) is -0.268. The fourth-order valence-electron chi connectivity index (χ4n) is 1.85. The molecule has 0 aromatic carbocycles. The normalized spacial score (nSPS) is 28.9. The molecule has 0 amide bonds. The quantitative estimate of drug-likeness (QED) is 0.266. The topological polar surface area (TPSA) is 169 Å². The van der Waals surface area contributed by atoms with Gasteiger partial charge in [0.2, 0.25) is 0 Å². The lowest BCUT2D eigenvalue weighted by Crippen LogP contribution is -2.36. The average Bonchev–Trinajstić information content (AvgIpc) is 2.68. The number of nitrogens with two attached hydrogens (primary N) is 1. The molecule has 0 radical (unpaired) electrons. The van der Waals surface area contributed by atoms with Crippen molar-refractivity contribution in [2.45, 2.75) is 24.5 Å². The molecule has 0 aliphatic carbocycles. The van der Waals surface area contributed by atoms with Crippen molar-refractivity contribution >= 4 is 5.82 Å². The Labute approximate surface area is 111 Å². The third-order valence-corrected chi connectivity index (χ3v) is 2.80. The molecule has 1 aliphatic heterocycles. The number of nitrogen functional groups attached to an aromatic ring is 1. The Morgan fingerprint density at radius 1 is 1.60 bits per heavy atom. The van der Waals surface area contributed by atoms with Crippen LogP contribution < -0.4 is 11.4 Å². The van der Waals surface area contributed by atoms with Crippen molar-refractivity contribution in [3.05, 3.63) is 33.2 Å². The van der Waals surface area contributed by atoms with Gasteiger partial charge in [0, 0.05) is 11.1 Å². The molecular weight excluding hydrogens is 272 g/mol. The molecule has 11 heteroatoms. The Bertz CT molecular complexity index is 584. The maximum atomic E-state index is 11.6. The first-order chi connectivity index (χ1) is 9.54. The van der Waals surface area contributed by atoms with Crippen LogP contribution in [0.3, 0.4) is 0 Å². The van der Waals surface area contributed by atoms with Gasteiger partial charge in [0.15, 0.2) is 6.23 Å². The van der Waals surface area contributed by atoms with Gasteiger partial charge in [-0.1, -0.05) is 0 Å². The van der Waals surface area contributed by atoms with Crippen LogP contribution in [0.1, 0.15) is 6.23 Å². The van der Waals surface area contributed by atoms with Crippen LogP contribution in [-0.2, 0) is 9.57 Å². The molecule has 1 saturated heterocycles. The van der Waals surface area contributed by atoms with Crippen LogP contribution in [0.15, 0.2) is 22.3 Å². The average molecular weight is 284 g/mol. The van der Waals surface area contributed by atoms with E-state index in [0.717, 1.165) is 4.57 Å². The van der Waals surface area contributed by atoms with Crippen molar-refractivity contribution < 1.29 is 19.8 Å². The maximum Gasteiger partial charge on any atom is 0.351 e. The van der Waals surface area contributed by atoms with E-state index < -0.39 is 30.2 Å². The zero-order valence-corrected chi connectivity index (χ0v) is 10.1. The molecule has 2 heterocycles. The highest BCUT2D eigenvalue weighted by Crippen LogP contribution is 2.28. The van der Waals surface area contributed by atoms with Crippen LogP contribution in [-0.4, -0.2) is 44.7 Å². The predicted octanol–water partition coefficient (Wildman–Crippen LogP) is -1.31. The summed E-state index contributed by atoms with van der Waals surface area (Å²) in [6, 6.07) is 1.35. The molecule has 11 nitrogen and oxygen atoms in total. The summed E-state index contributed by atoms with van der Waals surface area (Å²) in [7, 11) is 0. The summed E-state index contributed by atoms with van der Waals surface area (Å²) < 4.78 is 6.31. The largest absolute Gasteiger partial charge is 0.431 e. The van der Waals surface area contributed by atoms with Crippen molar-refractivity contribution in [3.8, 4) is 0 Å². The number of aliphatic hydroxyl groups excluding tert-OH is 2. The van der Waals surface area contributed by atoms with E-state index in [1.165, 1.54) is 12.3 Å². The summed E-state index contributed by atoms with van der Waals surface area (Å²) >= 11 is 0. The van der Waals surface area contributed by atoms with E-state index in [9.17, 15) is 15.0 Å². The summed E-state index contributed by atoms with van der Waals surface area (Å²) in [5, 5.41) is 22.5. The molecular formula is C9H12N6O5. The van der Waals surface area contributed by atoms with Gasteiger partial charge in [-0.25, -0.2) is 4.79 Å². The van der Waals surface area contributed by atoms with Crippen LogP contribution in [0.25, 0.3) is 10.4 Å². The highest BCUT2D eigenvalue weighted by atomic mass is 16.7. The predicted molar refractivity (Wildman–Crippen MR) is 63.9 cm³/mol. The molecule has 1 fully saturated rings. The lowest BCUT2D eigenvalue weighted by atomic mass is 10.1. The Morgan fingerprint density at radius 3 is 3.00 bits per heavy atom. The highest BCUT2D eigenvalue weighted by Gasteiger charge is 2.44. The second kappa shape index (κ2) is 5.75. The Balaban J connectivity index is 2.17. The minimum atomic E-state index is -1.36. The van der Waals surface area contributed by atoms with Gasteiger partial charge in [0.25, 0.3) is 0 Å². The van der Waals surface area contributed by atoms with Crippen molar-refractivity contribution in [3.63, 3.8) is 0 Å². The van der Waals surface area contributed by atoms with Crippen molar-refractivity contribution in [2.24, 2.45) is 5.28 Å². The molecule has 4 atom stereocenters. The molecule has 1 aromatic heterocycles. The highest BCUT2D eigenvalue weighted by molar-refractivity contribution is 5.23. The van der Waals surface area contributed by atoms with Crippen molar-refractivity contribution in [1.29, 1.82) is 0 Å². The van der Waals surface area contributed by atoms with E-state index in [1.807, 2.05) is 0 Å². The Hall–Kier alpha value is -2.33. The van der Waals surface area contributed by atoms with Gasteiger partial charge in [0.1, 0.15) is 36.0 Å². The summed E-state index contributed by atoms with van der Waals surface area (Å²) in [5.41, 5.74) is 12.7. The maximum absolute atomic E-state index is 11.6. The van der Waals surface area contributed by atoms with E-state index in [1.54, 1.807) is 0 Å². The van der Waals surface area contributed by atoms with E-state index in [4.69, 9.17) is 16.0 Å². The second-order valence-corrected chi connectivity index (χ2v) is 4.06. The van der Waals surface area contributed by atoms with E-state index in [-0.39, 0.29) is 12.4 Å². The smallest absolute Gasteiger partial charge is 0.351 e. The second-order valence-electron chi connectivity index (χ2n) is 4.06. The SMILES string of the molecule is [N-]=[N+]=NOC[C@H]1O[C@@H](n2ccc(N)nc2=O)[C@H](O)[C@@H]1O. The van der Waals surface area contributed by atoms with Gasteiger partial charge in [0.05, 0.1) is 0 Å². The van der Waals surface area contributed by atoms with Gasteiger partial charge in [-0.2, -0.15) is 4.98 Å². The molecule has 0 spiro atoms. The minimum absolute atomic E-state index is 0.0301. The van der Waals surface area contributed by atoms with Gasteiger partial charge >= 0.3 is 5.69 Å². The summed E-state index contributed by atoms with van der Waals surface area (Å²) in [4.78, 5) is 22.0. The fourth-order valence-corrected chi connectivity index (χ4v) is 1.85. The molecule has 0 bridgehead atoms. The van der Waals surface area contributed by atoms with Crippen LogP contribution >= 0.6 is 0 Å². The zero-order valence-electron chi connectivity index (χ0n) is 10.1. The first-order valence-corrected chi connectivity index (χ1v) is 5.57. The first kappa shape index (κ1) is 14.1. The molecule has 2 rings (SSSR count). The third-order valence-electron chi connectivity index (χ3n) is 2.80. The van der Waals surface area contributed by atoms with Crippen LogP contribution in [0.2, 0.25) is 0 Å². The van der Waals surface area contributed by atoms with Crippen LogP contribution in [0.5, 0.6) is 0 Å². The number of rotatable bonds is 4. The fraction of sp³-hybridized carbons (Fsp3) is 0.556. The number of nitrogens with zero attached hydrogens (tertiary/aromatic N) is 5. The molecule has 20 heavy (non-hydrogen) atoms. The van der Waals surface area contributed by atoms with Gasteiger partial charge < -0.3 is 25.5 Å². The number of hydrogen-bond donors (Lipinski definition) is 3. The van der Waals surface area contributed by atoms with Crippen molar-refractivity contribution in [2.75, 3.05) is 12.3 Å². The first-order valence-electron chi connectivity index (χ1n) is 5.57. The minimum Gasteiger partial charge on any atom is -0.431 e. The lowest BCUT2D eigenvalue weighted by Gasteiger charge is -2.16. The molecule has 108 valence electrons. The van der Waals surface area contributed by atoms with Gasteiger partial charge in [-0.05, 0) is 11.6 Å². The van der Waals surface area contributed by atoms with E-state index in [0.29, 0.717) is 0 Å². The Kier molecular flexibility index (Phi) is 4.05. The standard InChI is InChI=1S/C9H12N6O5/c10-5-1-2-15(9(18)12-5)8-7(17)6(16)4(20-8)3-19-14-13-11/h1-2,4,6-8,16-17H,3H2,(H2,10,12,18)/t4-,6-,7-,8-/m1/s1. The lowest BCUT2D eigenvalue weighted by molar-refractivity contribution is -0.0686. The Morgan fingerprint density at radius 2 is 2.35 bits per heavy atom. The number of aromatic nitrogens is 2. The number of ether oxygens (including phenoxy) is 1. The van der Waals surface area contributed by atoms with Gasteiger partial charge in [-0.3, -0.25) is 4.57 Å². The van der Waals surface area contributed by atoms with E-state index in [2.05, 4.69) is 20.0 Å². The molecule has 0 unspecified atom stereocenters. The number of anilines is 1. The van der Waals surface area contributed by atoms with E-state index >= 15 is 0 Å². The third kappa shape index (κ3) is 2.65. The van der Waals surface area contributed by atoms with Gasteiger partial charge in [-0.15, -0.1) is 0 Å². The molecule has 4 N–H and O–H groups in total. The van der Waals surface area contributed by atoms with Crippen LogP contribution in [0.4, 0.5) is 5.82 Å². The molecule has 1 aliphatic rings.